The number of allylic oxidation sites excluding steroid dienone is 8. The number of hydrogen-bond acceptors (Lipinski definition) is 0. The molecule has 0 aromatic heterocycles. The Bertz CT molecular complexity index is 217. The molecule has 2 rings (SSSR count). The topological polar surface area (TPSA) is 0 Å². The zero-order chi connectivity index (χ0) is 10.6. The van der Waals surface area contributed by atoms with Gasteiger partial charge in [0.05, 0.1) is 0 Å². The van der Waals surface area contributed by atoms with Crippen LogP contribution in [0, 0.1) is 12.2 Å². The van der Waals surface area contributed by atoms with Crippen molar-refractivity contribution in [2.75, 3.05) is 0 Å². The van der Waals surface area contributed by atoms with Gasteiger partial charge in [-0.1, -0.05) is 0 Å². The van der Waals surface area contributed by atoms with Crippen LogP contribution >= 0.6 is 24.8 Å². The first-order valence-corrected chi connectivity index (χ1v) is 6.48. The molecule has 2 aliphatic rings. The van der Waals surface area contributed by atoms with E-state index < -0.39 is 0 Å². The van der Waals surface area contributed by atoms with Gasteiger partial charge in [0, 0.05) is 0 Å². The second-order valence-electron chi connectivity index (χ2n) is 3.01. The summed E-state index contributed by atoms with van der Waals surface area (Å²) in [6, 6.07) is 0. The van der Waals surface area contributed by atoms with E-state index in [2.05, 4.69) is 38.2 Å². The van der Waals surface area contributed by atoms with E-state index in [0.29, 0.717) is 0 Å². The fourth-order valence-electron chi connectivity index (χ4n) is 0.680. The van der Waals surface area contributed by atoms with Crippen LogP contribution in [0.4, 0.5) is 0 Å². The first kappa shape index (κ1) is 21.6. The molecule has 0 unspecified atom stereocenters. The maximum absolute atomic E-state index is 2.99. The van der Waals surface area contributed by atoms with Crippen LogP contribution in [0.2, 0.25) is 0 Å². The Kier molecular flexibility index (Phi) is 23.8. The second kappa shape index (κ2) is 17.7. The fourth-order valence-corrected chi connectivity index (χ4v) is 0.680. The van der Waals surface area contributed by atoms with Crippen molar-refractivity contribution in [1.29, 1.82) is 0 Å². The van der Waals surface area contributed by atoms with Crippen LogP contribution in [0.3, 0.4) is 0 Å². The van der Waals surface area contributed by atoms with Crippen molar-refractivity contribution in [3.8, 4) is 0 Å². The Morgan fingerprint density at radius 3 is 1.31 bits per heavy atom. The average Bonchev–Trinajstić information content (AvgIpc) is 2.83. The van der Waals surface area contributed by atoms with Gasteiger partial charge in [0.25, 0.3) is 0 Å². The van der Waals surface area contributed by atoms with Gasteiger partial charge >= 0.3 is 41.0 Å². The van der Waals surface area contributed by atoms with Gasteiger partial charge in [-0.15, -0.1) is 37.7 Å². The molecule has 0 aromatic carbocycles. The van der Waals surface area contributed by atoms with Gasteiger partial charge in [-0.3, -0.25) is 12.2 Å². The molecule has 0 fully saturated rings. The summed E-state index contributed by atoms with van der Waals surface area (Å²) >= 11 is 1.27. The van der Waals surface area contributed by atoms with Crippen LogP contribution < -0.4 is 0 Å². The van der Waals surface area contributed by atoms with Crippen molar-refractivity contribution < 1.29 is 23.9 Å². The van der Waals surface area contributed by atoms with E-state index in [4.69, 9.17) is 0 Å². The van der Waals surface area contributed by atoms with Crippen molar-refractivity contribution in [2.45, 2.75) is 26.7 Å². The first-order valence-electron chi connectivity index (χ1n) is 4.68. The molecule has 0 N–H and O–H groups in total. The molecule has 0 amide bonds. The third kappa shape index (κ3) is 23.8. The quantitative estimate of drug-likeness (QED) is 0.405. The van der Waals surface area contributed by atoms with Gasteiger partial charge in [0.15, 0.2) is 0 Å². The van der Waals surface area contributed by atoms with E-state index in [0.717, 1.165) is 12.8 Å². The maximum Gasteiger partial charge on any atom is -0.109 e. The zero-order valence-electron chi connectivity index (χ0n) is 9.69. The molecule has 0 bridgehead atoms. The van der Waals surface area contributed by atoms with Crippen LogP contribution in [-0.2, 0) is 23.9 Å². The van der Waals surface area contributed by atoms with Crippen LogP contribution in [0.5, 0.6) is 0 Å². The van der Waals surface area contributed by atoms with Crippen LogP contribution in [-0.4, -0.2) is 3.26 Å². The number of halogens is 2. The Balaban J connectivity index is -0.000000151. The summed E-state index contributed by atoms with van der Waals surface area (Å²) in [5.41, 5.74) is 0. The predicted octanol–water partition coefficient (Wildman–Crippen LogP) is 4.20. The van der Waals surface area contributed by atoms with E-state index >= 15 is 0 Å². The molecule has 88 valence electrons. The molecule has 3 heteroatoms. The summed E-state index contributed by atoms with van der Waals surface area (Å²) in [5.74, 6) is 0. The molecule has 0 heterocycles. The third-order valence-corrected chi connectivity index (χ3v) is 1.17. The summed E-state index contributed by atoms with van der Waals surface area (Å²) in [7, 11) is 0. The second-order valence-corrected chi connectivity index (χ2v) is 6.60. The zero-order valence-corrected chi connectivity index (χ0v) is 14.9. The van der Waals surface area contributed by atoms with Crippen LogP contribution in [0.25, 0.3) is 0 Å². The fraction of sp³-hybridized carbons (Fsp3) is 0.308. The summed E-state index contributed by atoms with van der Waals surface area (Å²) in [4.78, 5) is 0. The third-order valence-electron chi connectivity index (χ3n) is 1.17. The minimum absolute atomic E-state index is 0. The molecular weight excluding hydrogens is 406 g/mol. The van der Waals surface area contributed by atoms with Crippen molar-refractivity contribution in [2.24, 2.45) is 0 Å². The summed E-state index contributed by atoms with van der Waals surface area (Å²) < 4.78 is 1.56. The summed E-state index contributed by atoms with van der Waals surface area (Å²) in [6.07, 6.45) is 20.0. The molecular formula is C13H18Cl2Hf. The molecule has 0 atom stereocenters. The molecule has 16 heavy (non-hydrogen) atoms. The molecule has 0 radical (unpaired) electrons. The molecule has 0 saturated heterocycles. The van der Waals surface area contributed by atoms with E-state index in [1.165, 1.54) is 23.9 Å². The Labute approximate surface area is 126 Å². The van der Waals surface area contributed by atoms with Crippen LogP contribution in [0.15, 0.2) is 36.5 Å². The molecule has 0 spiro atoms. The van der Waals surface area contributed by atoms with E-state index in [9.17, 15) is 0 Å². The first-order chi connectivity index (χ1) is 6.73. The molecule has 2 aliphatic carbocycles. The minimum atomic E-state index is 0. The SMILES string of the molecule is C[C](C)=[Hf+2].Cl.Cl.[C-]1=CC=CC1.[C-]1=CC=CC1. The van der Waals surface area contributed by atoms with Gasteiger partial charge in [-0.2, -0.15) is 12.2 Å². The van der Waals surface area contributed by atoms with Gasteiger partial charge < -0.3 is 0 Å². The van der Waals surface area contributed by atoms with Crippen LogP contribution in [0.1, 0.15) is 26.7 Å². The minimum Gasteiger partial charge on any atom is -0.273 e. The van der Waals surface area contributed by atoms with Crippen molar-refractivity contribution in [3.63, 3.8) is 0 Å². The van der Waals surface area contributed by atoms with Crippen molar-refractivity contribution in [1.82, 2.24) is 0 Å². The summed E-state index contributed by atoms with van der Waals surface area (Å²) in [6.45, 7) is 4.29. The number of rotatable bonds is 0. The van der Waals surface area contributed by atoms with E-state index in [1.54, 1.807) is 3.26 Å². The molecule has 0 aliphatic heterocycles. The average molecular weight is 424 g/mol. The maximum atomic E-state index is 2.99. The molecule has 0 saturated carbocycles. The van der Waals surface area contributed by atoms with Crippen molar-refractivity contribution in [3.05, 3.63) is 48.6 Å². The smallest absolute Gasteiger partial charge is 0.109 e. The normalized spacial score (nSPS) is 12.8. The van der Waals surface area contributed by atoms with E-state index in [1.807, 2.05) is 24.3 Å². The molecule has 0 aromatic rings. The Morgan fingerprint density at radius 2 is 1.25 bits per heavy atom. The predicted molar refractivity (Wildman–Crippen MR) is 74.0 cm³/mol. The monoisotopic (exact) mass is 424 g/mol. The van der Waals surface area contributed by atoms with Crippen molar-refractivity contribution >= 4 is 28.1 Å². The summed E-state index contributed by atoms with van der Waals surface area (Å²) in [5, 5.41) is 0. The number of hydrogen-bond donors (Lipinski definition) is 0. The standard InChI is InChI=1S/2C5H5.C3H6.2ClH.Hf/c2*1-2-4-5-3-1;1-3-2;;;/h2*1-3H,4H2;1-2H3;2*1H;/q2*-1;;;;+2. The molecule has 0 nitrogen and oxygen atoms in total. The van der Waals surface area contributed by atoms with Gasteiger partial charge in [0.1, 0.15) is 0 Å². The van der Waals surface area contributed by atoms with Gasteiger partial charge in [0.2, 0.25) is 0 Å². The Hall–Kier alpha value is 0.280. The Morgan fingerprint density at radius 1 is 0.938 bits per heavy atom. The van der Waals surface area contributed by atoms with Gasteiger partial charge in [-0.25, -0.2) is 24.3 Å². The van der Waals surface area contributed by atoms with Gasteiger partial charge in [-0.05, 0) is 0 Å². The largest absolute Gasteiger partial charge is 0.273 e. The van der Waals surface area contributed by atoms with E-state index in [-0.39, 0.29) is 24.8 Å².